The number of carboxylic acid groups (broad SMARTS) is 1. The molecule has 1 rings (SSSR count). The summed E-state index contributed by atoms with van der Waals surface area (Å²) >= 11 is 0. The number of carbonyl (C=O) groups is 1. The molecular formula is C12H20N4O2. The van der Waals surface area contributed by atoms with E-state index in [0.29, 0.717) is 5.95 Å². The lowest BCUT2D eigenvalue weighted by molar-refractivity contribution is 0.0690. The van der Waals surface area contributed by atoms with Crippen LogP contribution in [0.15, 0.2) is 12.3 Å². The summed E-state index contributed by atoms with van der Waals surface area (Å²) in [7, 11) is 4.00. The lowest BCUT2D eigenvalue weighted by Crippen LogP contribution is -2.41. The summed E-state index contributed by atoms with van der Waals surface area (Å²) in [6.45, 7) is 5.66. The molecule has 0 amide bonds. The van der Waals surface area contributed by atoms with Gasteiger partial charge in [0.15, 0.2) is 5.69 Å². The first-order valence-electron chi connectivity index (χ1n) is 5.93. The number of anilines is 1. The van der Waals surface area contributed by atoms with Gasteiger partial charge < -0.3 is 14.9 Å². The molecule has 1 N–H and O–H groups in total. The van der Waals surface area contributed by atoms with Crippen LogP contribution in [0.1, 0.15) is 24.3 Å². The van der Waals surface area contributed by atoms with E-state index in [0.717, 1.165) is 13.1 Å². The number of hydrogen-bond acceptors (Lipinski definition) is 5. The SMILES string of the molecule is CCN(c1nccc(C(=O)O)n1)C(C)CN(C)C. The first-order chi connectivity index (χ1) is 8.45. The normalized spacial score (nSPS) is 12.5. The molecule has 18 heavy (non-hydrogen) atoms. The van der Waals surface area contributed by atoms with Gasteiger partial charge in [-0.05, 0) is 34.0 Å². The van der Waals surface area contributed by atoms with Crippen LogP contribution in [0.2, 0.25) is 0 Å². The van der Waals surface area contributed by atoms with Crippen LogP contribution in [0.4, 0.5) is 5.95 Å². The molecule has 1 aromatic heterocycles. The minimum atomic E-state index is -1.03. The fourth-order valence-corrected chi connectivity index (χ4v) is 1.88. The number of nitrogens with zero attached hydrogens (tertiary/aromatic N) is 4. The lowest BCUT2D eigenvalue weighted by atomic mass is 10.2. The molecule has 0 aromatic carbocycles. The molecule has 6 nitrogen and oxygen atoms in total. The Labute approximate surface area is 107 Å². The molecule has 1 aromatic rings. The summed E-state index contributed by atoms with van der Waals surface area (Å²) in [5, 5.41) is 8.93. The third-order valence-corrected chi connectivity index (χ3v) is 2.62. The third-order valence-electron chi connectivity index (χ3n) is 2.62. The molecule has 1 unspecified atom stereocenters. The fraction of sp³-hybridized carbons (Fsp3) is 0.583. The quantitative estimate of drug-likeness (QED) is 0.813. The van der Waals surface area contributed by atoms with E-state index in [1.54, 1.807) is 0 Å². The third kappa shape index (κ3) is 3.66. The highest BCUT2D eigenvalue weighted by Gasteiger charge is 2.17. The molecule has 0 radical (unpaired) electrons. The van der Waals surface area contributed by atoms with Crippen LogP contribution in [0.5, 0.6) is 0 Å². The minimum absolute atomic E-state index is 0.0236. The van der Waals surface area contributed by atoms with E-state index in [4.69, 9.17) is 5.11 Å². The number of carboxylic acids is 1. The highest BCUT2D eigenvalue weighted by Crippen LogP contribution is 2.11. The Morgan fingerprint density at radius 3 is 2.67 bits per heavy atom. The van der Waals surface area contributed by atoms with Gasteiger partial charge in [0.2, 0.25) is 5.95 Å². The first kappa shape index (κ1) is 14.4. The molecule has 0 aliphatic rings. The summed E-state index contributed by atoms with van der Waals surface area (Å²) in [6, 6.07) is 1.62. The second-order valence-electron chi connectivity index (χ2n) is 4.44. The van der Waals surface area contributed by atoms with Crippen molar-refractivity contribution in [1.29, 1.82) is 0 Å². The average Bonchev–Trinajstić information content (AvgIpc) is 2.29. The lowest BCUT2D eigenvalue weighted by Gasteiger charge is -2.30. The molecule has 1 heterocycles. The van der Waals surface area contributed by atoms with Gasteiger partial charge in [-0.3, -0.25) is 0 Å². The summed E-state index contributed by atoms with van der Waals surface area (Å²) < 4.78 is 0. The number of aromatic carboxylic acids is 1. The van der Waals surface area contributed by atoms with Crippen molar-refractivity contribution in [2.75, 3.05) is 32.1 Å². The summed E-state index contributed by atoms with van der Waals surface area (Å²) in [4.78, 5) is 23.2. The average molecular weight is 252 g/mol. The Kier molecular flexibility index (Phi) is 5.03. The topological polar surface area (TPSA) is 69.6 Å². The van der Waals surface area contributed by atoms with E-state index in [2.05, 4.69) is 21.8 Å². The summed E-state index contributed by atoms with van der Waals surface area (Å²) in [6.07, 6.45) is 1.48. The van der Waals surface area contributed by atoms with Gasteiger partial charge >= 0.3 is 5.97 Å². The Balaban J connectivity index is 2.94. The predicted octanol–water partition coefficient (Wildman–Crippen LogP) is 0.951. The predicted molar refractivity (Wildman–Crippen MR) is 70.0 cm³/mol. The molecule has 6 heteroatoms. The zero-order chi connectivity index (χ0) is 13.7. The van der Waals surface area contributed by atoms with Crippen LogP contribution in [0, 0.1) is 0 Å². The van der Waals surface area contributed by atoms with Crippen LogP contribution in [-0.2, 0) is 0 Å². The van der Waals surface area contributed by atoms with Gasteiger partial charge in [0.05, 0.1) is 0 Å². The molecule has 1 atom stereocenters. The fourth-order valence-electron chi connectivity index (χ4n) is 1.88. The molecule has 0 spiro atoms. The van der Waals surface area contributed by atoms with Gasteiger partial charge in [-0.2, -0.15) is 0 Å². The van der Waals surface area contributed by atoms with E-state index in [1.807, 2.05) is 25.9 Å². The number of aromatic nitrogens is 2. The number of hydrogen-bond donors (Lipinski definition) is 1. The van der Waals surface area contributed by atoms with Gasteiger partial charge in [0.1, 0.15) is 0 Å². The second-order valence-corrected chi connectivity index (χ2v) is 4.44. The van der Waals surface area contributed by atoms with E-state index in [9.17, 15) is 4.79 Å². The van der Waals surface area contributed by atoms with Crippen molar-refractivity contribution in [3.8, 4) is 0 Å². The maximum Gasteiger partial charge on any atom is 0.354 e. The van der Waals surface area contributed by atoms with E-state index in [-0.39, 0.29) is 11.7 Å². The van der Waals surface area contributed by atoms with Crippen molar-refractivity contribution in [3.05, 3.63) is 18.0 Å². The molecule has 0 fully saturated rings. The zero-order valence-corrected chi connectivity index (χ0v) is 11.3. The van der Waals surface area contributed by atoms with Crippen molar-refractivity contribution in [2.24, 2.45) is 0 Å². The van der Waals surface area contributed by atoms with Crippen molar-refractivity contribution >= 4 is 11.9 Å². The number of rotatable bonds is 6. The van der Waals surface area contributed by atoms with Crippen LogP contribution >= 0.6 is 0 Å². The highest BCUT2D eigenvalue weighted by molar-refractivity contribution is 5.85. The van der Waals surface area contributed by atoms with Gasteiger partial charge in [0.25, 0.3) is 0 Å². The van der Waals surface area contributed by atoms with Crippen molar-refractivity contribution in [2.45, 2.75) is 19.9 Å². The maximum atomic E-state index is 10.9. The van der Waals surface area contributed by atoms with Crippen molar-refractivity contribution in [3.63, 3.8) is 0 Å². The Morgan fingerprint density at radius 2 is 2.17 bits per heavy atom. The van der Waals surface area contributed by atoms with E-state index in [1.165, 1.54) is 12.3 Å². The van der Waals surface area contributed by atoms with Gasteiger partial charge in [-0.15, -0.1) is 0 Å². The van der Waals surface area contributed by atoms with E-state index < -0.39 is 5.97 Å². The molecule has 0 saturated heterocycles. The molecular weight excluding hydrogens is 232 g/mol. The van der Waals surface area contributed by atoms with Crippen molar-refractivity contribution in [1.82, 2.24) is 14.9 Å². The van der Waals surface area contributed by atoms with Gasteiger partial charge in [-0.1, -0.05) is 0 Å². The largest absolute Gasteiger partial charge is 0.477 e. The van der Waals surface area contributed by atoms with Gasteiger partial charge in [-0.25, -0.2) is 14.8 Å². The van der Waals surface area contributed by atoms with Gasteiger partial charge in [0, 0.05) is 25.3 Å². The number of likely N-dealkylation sites (N-methyl/N-ethyl adjacent to an activating group) is 2. The Hall–Kier alpha value is -1.69. The zero-order valence-electron chi connectivity index (χ0n) is 11.3. The molecule has 0 bridgehead atoms. The molecule has 0 saturated carbocycles. The Bertz CT molecular complexity index is 409. The molecule has 100 valence electrons. The van der Waals surface area contributed by atoms with Crippen LogP contribution < -0.4 is 4.90 Å². The first-order valence-corrected chi connectivity index (χ1v) is 5.93. The second kappa shape index (κ2) is 6.30. The van der Waals surface area contributed by atoms with E-state index >= 15 is 0 Å². The minimum Gasteiger partial charge on any atom is -0.477 e. The monoisotopic (exact) mass is 252 g/mol. The van der Waals surface area contributed by atoms with Crippen LogP contribution in [-0.4, -0.2) is 59.2 Å². The standard InChI is InChI=1S/C12H20N4O2/c1-5-16(9(2)8-15(3)4)12-13-7-6-10(14-12)11(17)18/h6-7,9H,5,8H2,1-4H3,(H,17,18). The smallest absolute Gasteiger partial charge is 0.354 e. The molecule has 0 aliphatic heterocycles. The summed E-state index contributed by atoms with van der Waals surface area (Å²) in [5.41, 5.74) is 0.0236. The highest BCUT2D eigenvalue weighted by atomic mass is 16.4. The Morgan fingerprint density at radius 1 is 1.50 bits per heavy atom. The maximum absolute atomic E-state index is 10.9. The summed E-state index contributed by atoms with van der Waals surface area (Å²) in [5.74, 6) is -0.568. The molecule has 0 aliphatic carbocycles. The van der Waals surface area contributed by atoms with Crippen LogP contribution in [0.25, 0.3) is 0 Å². The van der Waals surface area contributed by atoms with Crippen molar-refractivity contribution < 1.29 is 9.90 Å². The van der Waals surface area contributed by atoms with Crippen LogP contribution in [0.3, 0.4) is 0 Å².